The van der Waals surface area contributed by atoms with Gasteiger partial charge in [-0.3, -0.25) is 9.36 Å². The fourth-order valence-electron chi connectivity index (χ4n) is 5.24. The van der Waals surface area contributed by atoms with Crippen LogP contribution in [0, 0.1) is 0 Å². The molecular weight excluding hydrogens is 683 g/mol. The summed E-state index contributed by atoms with van der Waals surface area (Å²) in [5.74, 6) is 0.139. The summed E-state index contributed by atoms with van der Waals surface area (Å²) < 4.78 is 14.3. The molecule has 0 fully saturated rings. The Balaban J connectivity index is 1.41. The maximum atomic E-state index is 14.1. The Morgan fingerprint density at radius 3 is 2.64 bits per heavy atom. The molecule has 0 aliphatic carbocycles. The third-order valence-corrected chi connectivity index (χ3v) is 9.48. The van der Waals surface area contributed by atoms with Gasteiger partial charge in [0.2, 0.25) is 0 Å². The molecule has 1 aliphatic heterocycles. The number of benzene rings is 4. The SMILES string of the molecule is CCOC(=O)C1=C(C)N=c2s/c(=C/c3ccc(OCc4ccc(Cl)cc4Cl)c(Br)c3)c(=O)n2[C@H]1c1cccc2ccccc12. The second-order valence-corrected chi connectivity index (χ2v) is 12.8. The number of nitrogens with zero attached hydrogens (tertiary/aromatic N) is 2. The Bertz CT molecular complexity index is 2150. The van der Waals surface area contributed by atoms with Crippen LogP contribution in [0.5, 0.6) is 5.75 Å². The van der Waals surface area contributed by atoms with Gasteiger partial charge in [-0.05, 0) is 82.0 Å². The molecule has 6 nitrogen and oxygen atoms in total. The highest BCUT2D eigenvalue weighted by Crippen LogP contribution is 2.35. The molecule has 2 heterocycles. The fourth-order valence-corrected chi connectivity index (χ4v) is 7.26. The van der Waals surface area contributed by atoms with Gasteiger partial charge in [0.05, 0.1) is 32.9 Å². The van der Waals surface area contributed by atoms with Gasteiger partial charge < -0.3 is 9.47 Å². The van der Waals surface area contributed by atoms with Gasteiger partial charge >= 0.3 is 5.97 Å². The molecule has 0 radical (unpaired) electrons. The zero-order valence-corrected chi connectivity index (χ0v) is 27.6. The van der Waals surface area contributed by atoms with Gasteiger partial charge in [0.15, 0.2) is 4.80 Å². The monoisotopic (exact) mass is 706 g/mol. The number of halogens is 3. The van der Waals surface area contributed by atoms with Gasteiger partial charge in [0, 0.05) is 15.6 Å². The molecule has 222 valence electrons. The van der Waals surface area contributed by atoms with Crippen molar-refractivity contribution in [2.45, 2.75) is 26.5 Å². The quantitative estimate of drug-likeness (QED) is 0.164. The van der Waals surface area contributed by atoms with E-state index in [-0.39, 0.29) is 18.8 Å². The van der Waals surface area contributed by atoms with Crippen molar-refractivity contribution in [3.05, 3.63) is 141 Å². The molecule has 6 rings (SSSR count). The lowest BCUT2D eigenvalue weighted by Crippen LogP contribution is -2.40. The lowest BCUT2D eigenvalue weighted by molar-refractivity contribution is -0.139. The van der Waals surface area contributed by atoms with E-state index in [1.165, 1.54) is 11.3 Å². The van der Waals surface area contributed by atoms with Crippen LogP contribution in [-0.4, -0.2) is 17.1 Å². The first-order valence-corrected chi connectivity index (χ1v) is 16.1. The molecule has 0 bridgehead atoms. The van der Waals surface area contributed by atoms with Crippen LogP contribution in [0.15, 0.2) is 104 Å². The lowest BCUT2D eigenvalue weighted by atomic mass is 9.91. The van der Waals surface area contributed by atoms with Crippen LogP contribution in [-0.2, 0) is 16.1 Å². The van der Waals surface area contributed by atoms with E-state index < -0.39 is 12.0 Å². The lowest BCUT2D eigenvalue weighted by Gasteiger charge is -2.25. The van der Waals surface area contributed by atoms with Crippen LogP contribution in [0.1, 0.15) is 36.6 Å². The van der Waals surface area contributed by atoms with Crippen LogP contribution in [0.3, 0.4) is 0 Å². The molecule has 1 atom stereocenters. The van der Waals surface area contributed by atoms with E-state index in [2.05, 4.69) is 15.9 Å². The van der Waals surface area contributed by atoms with E-state index in [0.29, 0.717) is 36.4 Å². The molecule has 0 unspecified atom stereocenters. The van der Waals surface area contributed by atoms with Crippen LogP contribution in [0.4, 0.5) is 0 Å². The number of carbonyl (C=O) groups is 1. The van der Waals surface area contributed by atoms with Crippen molar-refractivity contribution in [3.63, 3.8) is 0 Å². The molecule has 4 aromatic carbocycles. The summed E-state index contributed by atoms with van der Waals surface area (Å²) >= 11 is 17.2. The third-order valence-electron chi connectivity index (χ3n) is 7.29. The predicted octanol–water partition coefficient (Wildman–Crippen LogP) is 7.60. The highest BCUT2D eigenvalue weighted by Gasteiger charge is 2.34. The summed E-state index contributed by atoms with van der Waals surface area (Å²) in [4.78, 5) is 32.6. The van der Waals surface area contributed by atoms with Crippen molar-refractivity contribution in [2.24, 2.45) is 4.99 Å². The number of allylic oxidation sites excluding steroid dienone is 1. The normalized spacial score (nSPS) is 14.8. The van der Waals surface area contributed by atoms with Crippen molar-refractivity contribution in [2.75, 3.05) is 6.61 Å². The van der Waals surface area contributed by atoms with Gasteiger partial charge in [0.25, 0.3) is 5.56 Å². The van der Waals surface area contributed by atoms with Gasteiger partial charge in [-0.1, -0.05) is 89.1 Å². The molecule has 0 saturated heterocycles. The van der Waals surface area contributed by atoms with E-state index >= 15 is 0 Å². The topological polar surface area (TPSA) is 69.9 Å². The van der Waals surface area contributed by atoms with E-state index in [4.69, 9.17) is 37.7 Å². The van der Waals surface area contributed by atoms with E-state index in [1.54, 1.807) is 30.5 Å². The molecule has 44 heavy (non-hydrogen) atoms. The molecule has 5 aromatic rings. The van der Waals surface area contributed by atoms with E-state index in [0.717, 1.165) is 31.9 Å². The van der Waals surface area contributed by atoms with Crippen LogP contribution in [0.2, 0.25) is 10.0 Å². The minimum absolute atomic E-state index is 0.212. The summed E-state index contributed by atoms with van der Waals surface area (Å²) in [6.45, 7) is 4.03. The molecule has 1 aromatic heterocycles. The Morgan fingerprint density at radius 1 is 1.07 bits per heavy atom. The average Bonchev–Trinajstić information content (AvgIpc) is 3.30. The van der Waals surface area contributed by atoms with Crippen molar-refractivity contribution in [1.82, 2.24) is 4.57 Å². The van der Waals surface area contributed by atoms with Gasteiger partial charge in [-0.15, -0.1) is 0 Å². The largest absolute Gasteiger partial charge is 0.488 e. The van der Waals surface area contributed by atoms with Crippen molar-refractivity contribution in [1.29, 1.82) is 0 Å². The number of fused-ring (bicyclic) bond motifs is 2. The maximum absolute atomic E-state index is 14.1. The van der Waals surface area contributed by atoms with Crippen LogP contribution >= 0.6 is 50.5 Å². The molecule has 0 amide bonds. The summed E-state index contributed by atoms with van der Waals surface area (Å²) in [5.41, 5.74) is 3.08. The van der Waals surface area contributed by atoms with Gasteiger partial charge in [-0.25, -0.2) is 9.79 Å². The van der Waals surface area contributed by atoms with E-state index in [1.807, 2.05) is 72.8 Å². The number of aromatic nitrogens is 1. The number of thiazole rings is 1. The average molecular weight is 708 g/mol. The highest BCUT2D eigenvalue weighted by molar-refractivity contribution is 9.10. The molecule has 0 spiro atoms. The van der Waals surface area contributed by atoms with Gasteiger partial charge in [-0.2, -0.15) is 0 Å². The Morgan fingerprint density at radius 2 is 1.86 bits per heavy atom. The summed E-state index contributed by atoms with van der Waals surface area (Å²) in [6.07, 6.45) is 1.82. The first kappa shape index (κ1) is 30.3. The molecule has 10 heteroatoms. The fraction of sp³-hybridized carbons (Fsp3) is 0.147. The number of esters is 1. The second-order valence-electron chi connectivity index (χ2n) is 10.1. The smallest absolute Gasteiger partial charge is 0.338 e. The third kappa shape index (κ3) is 5.87. The summed E-state index contributed by atoms with van der Waals surface area (Å²) in [5, 5.41) is 3.05. The first-order valence-electron chi connectivity index (χ1n) is 13.8. The minimum atomic E-state index is -0.694. The van der Waals surface area contributed by atoms with Crippen molar-refractivity contribution >= 4 is 73.3 Å². The maximum Gasteiger partial charge on any atom is 0.338 e. The number of rotatable bonds is 7. The predicted molar refractivity (Wildman–Crippen MR) is 179 cm³/mol. The zero-order chi connectivity index (χ0) is 31.0. The minimum Gasteiger partial charge on any atom is -0.488 e. The Hall–Kier alpha value is -3.69. The zero-order valence-electron chi connectivity index (χ0n) is 23.6. The molecular formula is C34H25BrCl2N2O4S. The van der Waals surface area contributed by atoms with Crippen LogP contribution < -0.4 is 19.6 Å². The van der Waals surface area contributed by atoms with Gasteiger partial charge in [0.1, 0.15) is 12.4 Å². The van der Waals surface area contributed by atoms with Crippen molar-refractivity contribution in [3.8, 4) is 5.75 Å². The Labute approximate surface area is 275 Å². The molecule has 0 saturated carbocycles. The Kier molecular flexibility index (Phi) is 8.78. The standard InChI is InChI=1S/C34H25BrCl2N2O4S/c1-3-42-33(41)30-19(2)38-34-39(31(30)25-10-6-8-21-7-4-5-9-24(21)25)32(40)29(44-34)16-20-11-14-28(26(35)15-20)43-18-22-12-13-23(36)17-27(22)37/h4-17,31H,3,18H2,1-2H3/b29-16+/t31-/m0/s1. The molecule has 0 N–H and O–H groups in total. The highest BCUT2D eigenvalue weighted by atomic mass is 79.9. The second kappa shape index (κ2) is 12.7. The van der Waals surface area contributed by atoms with Crippen LogP contribution in [0.25, 0.3) is 16.8 Å². The number of hydrogen-bond acceptors (Lipinski definition) is 6. The number of ether oxygens (including phenoxy) is 2. The van der Waals surface area contributed by atoms with E-state index in [9.17, 15) is 9.59 Å². The number of hydrogen-bond donors (Lipinski definition) is 0. The summed E-state index contributed by atoms with van der Waals surface area (Å²) in [6, 6.07) is 24.0. The van der Waals surface area contributed by atoms with Crippen molar-refractivity contribution < 1.29 is 14.3 Å². The first-order chi connectivity index (χ1) is 21.2. The molecule has 1 aliphatic rings. The summed E-state index contributed by atoms with van der Waals surface area (Å²) in [7, 11) is 0. The number of carbonyl (C=O) groups excluding carboxylic acids is 1.